The van der Waals surface area contributed by atoms with Crippen molar-refractivity contribution in [3.63, 3.8) is 0 Å². The summed E-state index contributed by atoms with van der Waals surface area (Å²) < 4.78 is 0. The van der Waals surface area contributed by atoms with Crippen LogP contribution >= 0.6 is 0 Å². The highest BCUT2D eigenvalue weighted by molar-refractivity contribution is 5.87. The second-order valence-corrected chi connectivity index (χ2v) is 3.94. The highest BCUT2D eigenvalue weighted by atomic mass is 16.2. The molecular formula is C12H19N3O. The van der Waals surface area contributed by atoms with Gasteiger partial charge >= 0.3 is 6.03 Å². The van der Waals surface area contributed by atoms with Crippen LogP contribution in [0.3, 0.4) is 0 Å². The largest absolute Gasteiger partial charge is 0.351 e. The summed E-state index contributed by atoms with van der Waals surface area (Å²) in [6.07, 6.45) is 3.06. The lowest BCUT2D eigenvalue weighted by atomic mass is 10.0. The van der Waals surface area contributed by atoms with E-state index in [1.165, 1.54) is 5.56 Å². The Labute approximate surface area is 96.0 Å². The van der Waals surface area contributed by atoms with Crippen LogP contribution in [0.4, 0.5) is 10.5 Å². The predicted molar refractivity (Wildman–Crippen MR) is 66.4 cm³/mol. The van der Waals surface area contributed by atoms with Gasteiger partial charge in [0.15, 0.2) is 0 Å². The molecule has 5 N–H and O–H groups in total. The maximum atomic E-state index is 10.7. The summed E-state index contributed by atoms with van der Waals surface area (Å²) in [6.45, 7) is 2.72. The second-order valence-electron chi connectivity index (χ2n) is 3.94. The number of aryl methyl sites for hydroxylation is 2. The summed E-state index contributed by atoms with van der Waals surface area (Å²) in [5.74, 6) is 0. The lowest BCUT2D eigenvalue weighted by molar-refractivity contribution is 0.259. The van der Waals surface area contributed by atoms with E-state index in [0.717, 1.165) is 37.1 Å². The van der Waals surface area contributed by atoms with Gasteiger partial charge in [-0.25, -0.2) is 4.79 Å². The molecule has 1 aromatic rings. The summed E-state index contributed by atoms with van der Waals surface area (Å²) >= 11 is 0. The van der Waals surface area contributed by atoms with Gasteiger partial charge < -0.3 is 16.8 Å². The Morgan fingerprint density at radius 3 is 2.69 bits per heavy atom. The van der Waals surface area contributed by atoms with Gasteiger partial charge in [-0.05, 0) is 56.0 Å². The van der Waals surface area contributed by atoms with Gasteiger partial charge in [-0.1, -0.05) is 6.07 Å². The topological polar surface area (TPSA) is 81.1 Å². The number of carbonyl (C=O) groups excluding carboxylic acids is 1. The number of benzene rings is 1. The normalized spacial score (nSPS) is 10.1. The molecular weight excluding hydrogens is 202 g/mol. The summed E-state index contributed by atoms with van der Waals surface area (Å²) in [4.78, 5) is 10.7. The Kier molecular flexibility index (Phi) is 4.79. The molecule has 4 nitrogen and oxygen atoms in total. The standard InChI is InChI=1S/C12H19N3O/c1-9-6-10(4-2-3-5-13)8-11(7-9)15-12(14)16/h6-8H,2-5,13H2,1H3,(H3,14,15,16). The van der Waals surface area contributed by atoms with Crippen molar-refractivity contribution in [3.05, 3.63) is 29.3 Å². The number of hydrogen-bond acceptors (Lipinski definition) is 2. The van der Waals surface area contributed by atoms with Crippen molar-refractivity contribution in [3.8, 4) is 0 Å². The number of carbonyl (C=O) groups is 1. The third-order valence-electron chi connectivity index (χ3n) is 2.32. The Morgan fingerprint density at radius 2 is 2.06 bits per heavy atom. The molecule has 4 heteroatoms. The number of anilines is 1. The van der Waals surface area contributed by atoms with Gasteiger partial charge in [0.2, 0.25) is 0 Å². The molecule has 0 unspecified atom stereocenters. The molecule has 0 fully saturated rings. The van der Waals surface area contributed by atoms with E-state index < -0.39 is 6.03 Å². The quantitative estimate of drug-likeness (QED) is 0.662. The van der Waals surface area contributed by atoms with Crippen LogP contribution in [-0.4, -0.2) is 12.6 Å². The third-order valence-corrected chi connectivity index (χ3v) is 2.32. The molecule has 0 bridgehead atoms. The average molecular weight is 221 g/mol. The van der Waals surface area contributed by atoms with E-state index >= 15 is 0 Å². The van der Waals surface area contributed by atoms with Gasteiger partial charge in [0, 0.05) is 5.69 Å². The van der Waals surface area contributed by atoms with Crippen LogP contribution < -0.4 is 16.8 Å². The molecule has 88 valence electrons. The van der Waals surface area contributed by atoms with Crippen LogP contribution in [-0.2, 0) is 6.42 Å². The Morgan fingerprint density at radius 1 is 1.31 bits per heavy atom. The molecule has 0 radical (unpaired) electrons. The number of hydrogen-bond donors (Lipinski definition) is 3. The van der Waals surface area contributed by atoms with Crippen LogP contribution in [0.25, 0.3) is 0 Å². The number of unbranched alkanes of at least 4 members (excludes halogenated alkanes) is 1. The summed E-state index contributed by atoms with van der Waals surface area (Å²) in [6, 6.07) is 5.44. The van der Waals surface area contributed by atoms with E-state index in [1.807, 2.05) is 19.1 Å². The molecule has 0 aliphatic rings. The van der Waals surface area contributed by atoms with E-state index in [0.29, 0.717) is 0 Å². The minimum Gasteiger partial charge on any atom is -0.351 e. The molecule has 0 spiro atoms. The zero-order valence-electron chi connectivity index (χ0n) is 9.62. The van der Waals surface area contributed by atoms with Crippen molar-refractivity contribution in [1.82, 2.24) is 0 Å². The molecule has 0 heterocycles. The molecule has 1 aromatic carbocycles. The number of primary amides is 1. The smallest absolute Gasteiger partial charge is 0.316 e. The molecule has 0 aliphatic heterocycles. The maximum Gasteiger partial charge on any atom is 0.316 e. The SMILES string of the molecule is Cc1cc(CCCCN)cc(NC(N)=O)c1. The number of urea groups is 1. The molecule has 1 rings (SSSR count). The third kappa shape index (κ3) is 4.31. The second kappa shape index (κ2) is 6.12. The number of amides is 2. The first-order valence-electron chi connectivity index (χ1n) is 5.49. The van der Waals surface area contributed by atoms with E-state index in [1.54, 1.807) is 0 Å². The van der Waals surface area contributed by atoms with Crippen molar-refractivity contribution < 1.29 is 4.79 Å². The molecule has 0 atom stereocenters. The van der Waals surface area contributed by atoms with Gasteiger partial charge in [0.05, 0.1) is 0 Å². The lowest BCUT2D eigenvalue weighted by Gasteiger charge is -2.07. The summed E-state index contributed by atoms with van der Waals surface area (Å²) in [5.41, 5.74) is 13.6. The molecule has 0 aromatic heterocycles. The van der Waals surface area contributed by atoms with Crippen molar-refractivity contribution in [2.24, 2.45) is 11.5 Å². The van der Waals surface area contributed by atoms with Gasteiger partial charge in [-0.15, -0.1) is 0 Å². The van der Waals surface area contributed by atoms with Crippen LogP contribution in [0.15, 0.2) is 18.2 Å². The van der Waals surface area contributed by atoms with Crippen molar-refractivity contribution in [2.45, 2.75) is 26.2 Å². The lowest BCUT2D eigenvalue weighted by Crippen LogP contribution is -2.19. The van der Waals surface area contributed by atoms with Gasteiger partial charge in [-0.3, -0.25) is 0 Å². The number of nitrogens with one attached hydrogen (secondary N) is 1. The zero-order chi connectivity index (χ0) is 12.0. The monoisotopic (exact) mass is 221 g/mol. The Balaban J connectivity index is 2.69. The minimum absolute atomic E-state index is 0.529. The van der Waals surface area contributed by atoms with E-state index in [9.17, 15) is 4.79 Å². The molecule has 2 amide bonds. The van der Waals surface area contributed by atoms with Crippen molar-refractivity contribution in [1.29, 1.82) is 0 Å². The molecule has 16 heavy (non-hydrogen) atoms. The molecule has 0 aliphatic carbocycles. The van der Waals surface area contributed by atoms with Crippen molar-refractivity contribution >= 4 is 11.7 Å². The first-order chi connectivity index (χ1) is 7.61. The van der Waals surface area contributed by atoms with Gasteiger partial charge in [0.1, 0.15) is 0 Å². The number of nitrogens with two attached hydrogens (primary N) is 2. The highest BCUT2D eigenvalue weighted by Gasteiger charge is 2.00. The Bertz CT molecular complexity index is 363. The van der Waals surface area contributed by atoms with Crippen molar-refractivity contribution in [2.75, 3.05) is 11.9 Å². The minimum atomic E-state index is -0.529. The first kappa shape index (κ1) is 12.5. The summed E-state index contributed by atoms with van der Waals surface area (Å²) in [7, 11) is 0. The molecule has 0 saturated carbocycles. The van der Waals surface area contributed by atoms with Crippen LogP contribution in [0.5, 0.6) is 0 Å². The van der Waals surface area contributed by atoms with Crippen LogP contribution in [0, 0.1) is 6.92 Å². The van der Waals surface area contributed by atoms with E-state index in [4.69, 9.17) is 11.5 Å². The van der Waals surface area contributed by atoms with Gasteiger partial charge in [-0.2, -0.15) is 0 Å². The Hall–Kier alpha value is -1.55. The number of rotatable bonds is 5. The van der Waals surface area contributed by atoms with E-state index in [2.05, 4.69) is 11.4 Å². The fourth-order valence-electron chi connectivity index (χ4n) is 1.69. The summed E-state index contributed by atoms with van der Waals surface area (Å²) in [5, 5.41) is 2.59. The highest BCUT2D eigenvalue weighted by Crippen LogP contribution is 2.16. The molecule has 0 saturated heterocycles. The fraction of sp³-hybridized carbons (Fsp3) is 0.417. The first-order valence-corrected chi connectivity index (χ1v) is 5.49. The zero-order valence-corrected chi connectivity index (χ0v) is 9.62. The predicted octanol–water partition coefficient (Wildman–Crippen LogP) is 1.77. The van der Waals surface area contributed by atoms with Crippen LogP contribution in [0.2, 0.25) is 0 Å². The average Bonchev–Trinajstić information content (AvgIpc) is 2.16. The maximum absolute atomic E-state index is 10.7. The van der Waals surface area contributed by atoms with Crippen LogP contribution in [0.1, 0.15) is 24.0 Å². The fourth-order valence-corrected chi connectivity index (χ4v) is 1.69. The van der Waals surface area contributed by atoms with E-state index in [-0.39, 0.29) is 0 Å². The van der Waals surface area contributed by atoms with Gasteiger partial charge in [0.25, 0.3) is 0 Å².